The second-order valence-corrected chi connectivity index (χ2v) is 7.64. The van der Waals surface area contributed by atoms with Gasteiger partial charge in [-0.15, -0.1) is 0 Å². The molecule has 1 aliphatic carbocycles. The molecule has 1 aromatic rings. The fraction of sp³-hybridized carbons (Fsp3) is 0.688. The van der Waals surface area contributed by atoms with Gasteiger partial charge in [0.1, 0.15) is 11.4 Å². The molecule has 0 bridgehead atoms. The van der Waals surface area contributed by atoms with Gasteiger partial charge in [0, 0.05) is 12.6 Å². The first kappa shape index (κ1) is 17.3. The van der Waals surface area contributed by atoms with Gasteiger partial charge in [-0.2, -0.15) is 0 Å². The highest BCUT2D eigenvalue weighted by Gasteiger charge is 2.33. The zero-order valence-electron chi connectivity index (χ0n) is 13.6. The Hall–Kier alpha value is -1.01. The van der Waals surface area contributed by atoms with Gasteiger partial charge in [-0.1, -0.05) is 0 Å². The smallest absolute Gasteiger partial charge is 0.407 e. The third-order valence-electron chi connectivity index (χ3n) is 3.56. The zero-order chi connectivity index (χ0) is 16.3. The number of halogens is 1. The molecule has 0 aromatic carbocycles. The molecule has 5 nitrogen and oxygen atoms in total. The fourth-order valence-corrected chi connectivity index (χ4v) is 2.58. The highest BCUT2D eigenvalue weighted by molar-refractivity contribution is 9.10. The van der Waals surface area contributed by atoms with E-state index in [0.29, 0.717) is 12.5 Å². The van der Waals surface area contributed by atoms with Crippen LogP contribution in [-0.2, 0) is 4.74 Å². The van der Waals surface area contributed by atoms with Crippen LogP contribution in [0.5, 0.6) is 0 Å². The summed E-state index contributed by atoms with van der Waals surface area (Å²) in [5, 5.41) is 6.40. The lowest BCUT2D eigenvalue weighted by Crippen LogP contribution is -2.45. The maximum absolute atomic E-state index is 11.9. The quantitative estimate of drug-likeness (QED) is 0.791. The Bertz CT molecular complexity index is 506. The number of carbonyl (C=O) groups is 1. The number of alkyl carbamates (subject to hydrolysis) is 1. The summed E-state index contributed by atoms with van der Waals surface area (Å²) < 4.78 is 11.6. The summed E-state index contributed by atoms with van der Waals surface area (Å²) in [6.07, 6.45) is 1.96. The van der Waals surface area contributed by atoms with Crippen molar-refractivity contribution in [2.24, 2.45) is 5.92 Å². The second kappa shape index (κ2) is 7.04. The van der Waals surface area contributed by atoms with Crippen LogP contribution < -0.4 is 10.6 Å². The highest BCUT2D eigenvalue weighted by Crippen LogP contribution is 2.33. The van der Waals surface area contributed by atoms with E-state index >= 15 is 0 Å². The Kier molecular flexibility index (Phi) is 5.55. The van der Waals surface area contributed by atoms with Gasteiger partial charge in [0.05, 0.1) is 6.04 Å². The maximum Gasteiger partial charge on any atom is 0.407 e. The van der Waals surface area contributed by atoms with Crippen molar-refractivity contribution in [3.63, 3.8) is 0 Å². The molecule has 124 valence electrons. The van der Waals surface area contributed by atoms with Crippen LogP contribution in [0.2, 0.25) is 0 Å². The molecular weight excluding hydrogens is 348 g/mol. The topological polar surface area (TPSA) is 63.5 Å². The SMILES string of the molecule is CC(NCC(NC(=O)OC(C)(C)C)C1CC1)c1ccc(Br)o1. The van der Waals surface area contributed by atoms with Crippen LogP contribution in [0, 0.1) is 5.92 Å². The summed E-state index contributed by atoms with van der Waals surface area (Å²) in [6.45, 7) is 8.35. The minimum Gasteiger partial charge on any atom is -0.453 e. The van der Waals surface area contributed by atoms with Crippen molar-refractivity contribution in [2.75, 3.05) is 6.54 Å². The lowest BCUT2D eigenvalue weighted by Gasteiger charge is -2.24. The molecule has 1 amide bonds. The van der Waals surface area contributed by atoms with E-state index in [1.165, 1.54) is 0 Å². The molecule has 22 heavy (non-hydrogen) atoms. The van der Waals surface area contributed by atoms with Crippen molar-refractivity contribution in [3.8, 4) is 0 Å². The summed E-state index contributed by atoms with van der Waals surface area (Å²) in [7, 11) is 0. The summed E-state index contributed by atoms with van der Waals surface area (Å²) >= 11 is 3.31. The summed E-state index contributed by atoms with van der Waals surface area (Å²) in [5.41, 5.74) is -0.473. The van der Waals surface area contributed by atoms with Crippen LogP contribution in [0.15, 0.2) is 21.2 Å². The highest BCUT2D eigenvalue weighted by atomic mass is 79.9. The number of furan rings is 1. The molecule has 1 heterocycles. The van der Waals surface area contributed by atoms with Crippen LogP contribution in [0.25, 0.3) is 0 Å². The molecule has 1 fully saturated rings. The first-order valence-corrected chi connectivity index (χ1v) is 8.52. The molecule has 0 saturated heterocycles. The molecule has 1 aromatic heterocycles. The van der Waals surface area contributed by atoms with Gasteiger partial charge in [0.15, 0.2) is 4.67 Å². The van der Waals surface area contributed by atoms with Gasteiger partial charge in [-0.3, -0.25) is 0 Å². The van der Waals surface area contributed by atoms with E-state index in [4.69, 9.17) is 9.15 Å². The number of rotatable bonds is 6. The average molecular weight is 373 g/mol. The molecule has 2 N–H and O–H groups in total. The van der Waals surface area contributed by atoms with Crippen molar-refractivity contribution >= 4 is 22.0 Å². The van der Waals surface area contributed by atoms with Crippen LogP contribution in [0.3, 0.4) is 0 Å². The van der Waals surface area contributed by atoms with E-state index in [9.17, 15) is 4.79 Å². The molecule has 0 radical (unpaired) electrons. The Morgan fingerprint density at radius 1 is 1.45 bits per heavy atom. The van der Waals surface area contributed by atoms with Gasteiger partial charge < -0.3 is 19.8 Å². The number of carbonyl (C=O) groups excluding carboxylic acids is 1. The van der Waals surface area contributed by atoms with Crippen molar-refractivity contribution in [3.05, 3.63) is 22.6 Å². The minimum absolute atomic E-state index is 0.0907. The first-order valence-electron chi connectivity index (χ1n) is 7.73. The third kappa shape index (κ3) is 5.65. The summed E-state index contributed by atoms with van der Waals surface area (Å²) in [6, 6.07) is 4.00. The summed E-state index contributed by atoms with van der Waals surface area (Å²) in [5.74, 6) is 1.41. The number of hydrogen-bond donors (Lipinski definition) is 2. The van der Waals surface area contributed by atoms with E-state index in [1.54, 1.807) is 0 Å². The molecule has 0 spiro atoms. The monoisotopic (exact) mass is 372 g/mol. The Morgan fingerprint density at radius 2 is 2.14 bits per heavy atom. The molecule has 1 aliphatic rings. The van der Waals surface area contributed by atoms with E-state index in [-0.39, 0.29) is 18.2 Å². The molecule has 2 unspecified atom stereocenters. The summed E-state index contributed by atoms with van der Waals surface area (Å²) in [4.78, 5) is 11.9. The largest absolute Gasteiger partial charge is 0.453 e. The Morgan fingerprint density at radius 3 is 2.64 bits per heavy atom. The predicted molar refractivity (Wildman–Crippen MR) is 88.7 cm³/mol. The van der Waals surface area contributed by atoms with E-state index in [1.807, 2.05) is 39.8 Å². The average Bonchev–Trinajstić information content (AvgIpc) is 3.14. The van der Waals surface area contributed by atoms with Gasteiger partial charge in [0.25, 0.3) is 0 Å². The molecule has 1 saturated carbocycles. The van der Waals surface area contributed by atoms with Gasteiger partial charge in [-0.05, 0) is 74.5 Å². The number of hydrogen-bond acceptors (Lipinski definition) is 4. The van der Waals surface area contributed by atoms with Crippen LogP contribution in [-0.4, -0.2) is 24.3 Å². The number of ether oxygens (including phenoxy) is 1. The van der Waals surface area contributed by atoms with E-state index in [2.05, 4.69) is 26.6 Å². The lowest BCUT2D eigenvalue weighted by atomic mass is 10.1. The van der Waals surface area contributed by atoms with Gasteiger partial charge >= 0.3 is 6.09 Å². The maximum atomic E-state index is 11.9. The van der Waals surface area contributed by atoms with Gasteiger partial charge in [-0.25, -0.2) is 4.79 Å². The standard InChI is InChI=1S/C16H25BrN2O3/c1-10(13-7-8-14(17)21-13)18-9-12(11-5-6-11)19-15(20)22-16(2,3)4/h7-8,10-12,18H,5-6,9H2,1-4H3,(H,19,20). The predicted octanol–water partition coefficient (Wildman–Crippen LogP) is 4.00. The Balaban J connectivity index is 1.83. The molecule has 0 aliphatic heterocycles. The van der Waals surface area contributed by atoms with Crippen molar-refractivity contribution in [1.29, 1.82) is 0 Å². The van der Waals surface area contributed by atoms with E-state index < -0.39 is 5.60 Å². The van der Waals surface area contributed by atoms with Crippen molar-refractivity contribution in [2.45, 2.75) is 58.2 Å². The van der Waals surface area contributed by atoms with Crippen LogP contribution in [0.1, 0.15) is 52.3 Å². The fourth-order valence-electron chi connectivity index (χ4n) is 2.26. The van der Waals surface area contributed by atoms with Crippen LogP contribution in [0.4, 0.5) is 4.79 Å². The number of amides is 1. The molecule has 6 heteroatoms. The van der Waals surface area contributed by atoms with Crippen LogP contribution >= 0.6 is 15.9 Å². The molecular formula is C16H25BrN2O3. The normalized spacial score (nSPS) is 17.9. The minimum atomic E-state index is -0.473. The van der Waals surface area contributed by atoms with Gasteiger partial charge in [0.2, 0.25) is 0 Å². The van der Waals surface area contributed by atoms with Crippen molar-refractivity contribution in [1.82, 2.24) is 10.6 Å². The third-order valence-corrected chi connectivity index (χ3v) is 3.98. The van der Waals surface area contributed by atoms with Crippen molar-refractivity contribution < 1.29 is 13.9 Å². The second-order valence-electron chi connectivity index (χ2n) is 6.86. The molecule has 2 rings (SSSR count). The molecule has 2 atom stereocenters. The number of nitrogens with one attached hydrogen (secondary N) is 2. The lowest BCUT2D eigenvalue weighted by molar-refractivity contribution is 0.0496. The van der Waals surface area contributed by atoms with E-state index in [0.717, 1.165) is 23.3 Å². The first-order chi connectivity index (χ1) is 10.2. The zero-order valence-corrected chi connectivity index (χ0v) is 15.2. The Labute approximate surface area is 140 Å².